The van der Waals surface area contributed by atoms with Crippen LogP contribution < -0.4 is 0 Å². The minimum absolute atomic E-state index is 0.345. The number of rotatable bonds is 8. The zero-order valence-corrected chi connectivity index (χ0v) is 14.9. The van der Waals surface area contributed by atoms with Gasteiger partial charge in [0, 0.05) is 12.1 Å². The normalized spacial score (nSPS) is 12.6. The molecule has 1 atom stereocenters. The third-order valence-electron chi connectivity index (χ3n) is 4.55. The Kier molecular flexibility index (Phi) is 6.59. The molecular formula is C21H27NO3. The Morgan fingerprint density at radius 3 is 2.04 bits per heavy atom. The Bertz CT molecular complexity index is 655. The number of aliphatic hydroxyl groups excluding tert-OH is 1. The van der Waals surface area contributed by atoms with Gasteiger partial charge < -0.3 is 10.2 Å². The van der Waals surface area contributed by atoms with Gasteiger partial charge in [-0.25, -0.2) is 4.79 Å². The first-order valence-electron chi connectivity index (χ1n) is 8.65. The Morgan fingerprint density at radius 1 is 1.00 bits per heavy atom. The van der Waals surface area contributed by atoms with Gasteiger partial charge in [0.15, 0.2) is 0 Å². The molecule has 0 unspecified atom stereocenters. The average Bonchev–Trinajstić information content (AvgIpc) is 2.59. The van der Waals surface area contributed by atoms with E-state index in [4.69, 9.17) is 0 Å². The molecule has 0 aliphatic heterocycles. The van der Waals surface area contributed by atoms with Crippen molar-refractivity contribution >= 4 is 6.09 Å². The molecule has 2 aromatic rings. The zero-order chi connectivity index (χ0) is 18.3. The quantitative estimate of drug-likeness (QED) is 0.751. The van der Waals surface area contributed by atoms with Gasteiger partial charge in [0.05, 0.1) is 6.10 Å². The summed E-state index contributed by atoms with van der Waals surface area (Å²) < 4.78 is 0. The molecule has 4 nitrogen and oxygen atoms in total. The summed E-state index contributed by atoms with van der Waals surface area (Å²) in [5.74, 6) is 0. The van der Waals surface area contributed by atoms with E-state index in [1.807, 2.05) is 74.5 Å². The van der Waals surface area contributed by atoms with E-state index in [2.05, 4.69) is 0 Å². The van der Waals surface area contributed by atoms with Crippen LogP contribution >= 0.6 is 0 Å². The number of benzene rings is 2. The molecule has 0 fully saturated rings. The van der Waals surface area contributed by atoms with Crippen molar-refractivity contribution in [3.8, 4) is 0 Å². The zero-order valence-electron chi connectivity index (χ0n) is 14.9. The first-order valence-corrected chi connectivity index (χ1v) is 8.65. The lowest BCUT2D eigenvalue weighted by atomic mass is 9.92. The maximum absolute atomic E-state index is 11.7. The van der Waals surface area contributed by atoms with E-state index in [9.17, 15) is 15.0 Å². The lowest BCUT2D eigenvalue weighted by Crippen LogP contribution is -2.47. The highest BCUT2D eigenvalue weighted by Gasteiger charge is 2.31. The first kappa shape index (κ1) is 19.0. The van der Waals surface area contributed by atoms with E-state index < -0.39 is 17.7 Å². The van der Waals surface area contributed by atoms with Crippen LogP contribution in [0, 0.1) is 0 Å². The van der Waals surface area contributed by atoms with Crippen LogP contribution in [0.4, 0.5) is 4.79 Å². The number of amides is 1. The minimum Gasteiger partial charge on any atom is -0.465 e. The van der Waals surface area contributed by atoms with Crippen molar-refractivity contribution in [2.24, 2.45) is 0 Å². The van der Waals surface area contributed by atoms with Gasteiger partial charge >= 0.3 is 6.09 Å². The van der Waals surface area contributed by atoms with E-state index in [1.165, 1.54) is 4.90 Å². The molecule has 2 aromatic carbocycles. The Morgan fingerprint density at radius 2 is 1.52 bits per heavy atom. The number of carboxylic acid groups (broad SMARTS) is 1. The van der Waals surface area contributed by atoms with Crippen LogP contribution in [0.25, 0.3) is 0 Å². The summed E-state index contributed by atoms with van der Waals surface area (Å²) in [6, 6.07) is 19.4. The molecule has 2 N–H and O–H groups in total. The van der Waals surface area contributed by atoms with E-state index >= 15 is 0 Å². The second kappa shape index (κ2) is 8.67. The maximum Gasteiger partial charge on any atom is 0.408 e. The highest BCUT2D eigenvalue weighted by molar-refractivity contribution is 5.66. The smallest absolute Gasteiger partial charge is 0.408 e. The highest BCUT2D eigenvalue weighted by Crippen LogP contribution is 2.25. The van der Waals surface area contributed by atoms with Crippen LogP contribution in [0.2, 0.25) is 0 Å². The van der Waals surface area contributed by atoms with E-state index in [-0.39, 0.29) is 0 Å². The van der Waals surface area contributed by atoms with Crippen LogP contribution in [-0.4, -0.2) is 32.8 Å². The number of hydrogen-bond acceptors (Lipinski definition) is 2. The van der Waals surface area contributed by atoms with Gasteiger partial charge in [0.25, 0.3) is 0 Å². The van der Waals surface area contributed by atoms with E-state index in [0.29, 0.717) is 25.8 Å². The molecular weight excluding hydrogens is 314 g/mol. The van der Waals surface area contributed by atoms with Crippen molar-refractivity contribution in [3.05, 3.63) is 71.8 Å². The summed E-state index contributed by atoms with van der Waals surface area (Å²) in [5.41, 5.74) is 1.49. The predicted octanol–water partition coefficient (Wildman–Crippen LogP) is 4.33. The van der Waals surface area contributed by atoms with Crippen molar-refractivity contribution in [2.75, 3.05) is 0 Å². The lowest BCUT2D eigenvalue weighted by Gasteiger charge is -2.37. The molecule has 0 aliphatic rings. The van der Waals surface area contributed by atoms with Crippen molar-refractivity contribution in [3.63, 3.8) is 0 Å². The van der Waals surface area contributed by atoms with Crippen LogP contribution in [-0.2, 0) is 13.0 Å². The molecule has 0 aromatic heterocycles. The van der Waals surface area contributed by atoms with E-state index in [0.717, 1.165) is 11.1 Å². The molecule has 25 heavy (non-hydrogen) atoms. The summed E-state index contributed by atoms with van der Waals surface area (Å²) in [6.07, 6.45) is 0.323. The molecule has 0 radical (unpaired) electrons. The maximum atomic E-state index is 11.7. The van der Waals surface area contributed by atoms with Gasteiger partial charge in [-0.05, 0) is 44.2 Å². The molecule has 0 saturated heterocycles. The van der Waals surface area contributed by atoms with Gasteiger partial charge in [-0.2, -0.15) is 0 Å². The van der Waals surface area contributed by atoms with Crippen LogP contribution in [0.15, 0.2) is 60.7 Å². The average molecular weight is 341 g/mol. The van der Waals surface area contributed by atoms with Gasteiger partial charge in [0.1, 0.15) is 0 Å². The molecule has 1 amide bonds. The second-order valence-electron chi connectivity index (χ2n) is 7.05. The molecule has 0 aliphatic carbocycles. The number of nitrogens with zero attached hydrogens (tertiary/aromatic N) is 1. The van der Waals surface area contributed by atoms with Crippen molar-refractivity contribution in [1.82, 2.24) is 4.90 Å². The molecule has 0 spiro atoms. The molecule has 0 bridgehead atoms. The summed E-state index contributed by atoms with van der Waals surface area (Å²) in [6.45, 7) is 4.18. The monoisotopic (exact) mass is 341 g/mol. The summed E-state index contributed by atoms with van der Waals surface area (Å²) in [5, 5.41) is 19.9. The fourth-order valence-electron chi connectivity index (χ4n) is 2.95. The molecule has 134 valence electrons. The molecule has 4 heteroatoms. The summed E-state index contributed by atoms with van der Waals surface area (Å²) in [4.78, 5) is 13.2. The highest BCUT2D eigenvalue weighted by atomic mass is 16.4. The Balaban J connectivity index is 1.96. The predicted molar refractivity (Wildman–Crippen MR) is 99.5 cm³/mol. The Hall–Kier alpha value is -2.33. The van der Waals surface area contributed by atoms with Gasteiger partial charge in [-0.15, -0.1) is 0 Å². The number of hydrogen-bond donors (Lipinski definition) is 2. The van der Waals surface area contributed by atoms with Crippen LogP contribution in [0.3, 0.4) is 0 Å². The number of aliphatic hydroxyl groups is 1. The van der Waals surface area contributed by atoms with Crippen molar-refractivity contribution in [2.45, 2.75) is 51.3 Å². The largest absolute Gasteiger partial charge is 0.465 e. The fourth-order valence-corrected chi connectivity index (χ4v) is 2.95. The summed E-state index contributed by atoms with van der Waals surface area (Å²) >= 11 is 0. The first-order chi connectivity index (χ1) is 11.9. The van der Waals surface area contributed by atoms with Crippen LogP contribution in [0.1, 0.15) is 37.8 Å². The topological polar surface area (TPSA) is 60.8 Å². The second-order valence-corrected chi connectivity index (χ2v) is 7.05. The van der Waals surface area contributed by atoms with Crippen LogP contribution in [0.5, 0.6) is 0 Å². The standard InChI is InChI=1S/C21H27NO3/c1-21(2,14-13-19(23)15-17-9-5-3-6-10-17)22(20(24)25)16-18-11-7-4-8-12-18/h3-12,19,23H,13-16H2,1-2H3,(H,24,25)/t19-/m1/s1. The fraction of sp³-hybridized carbons (Fsp3) is 0.381. The third-order valence-corrected chi connectivity index (χ3v) is 4.55. The molecule has 0 saturated carbocycles. The minimum atomic E-state index is -0.939. The van der Waals surface area contributed by atoms with Gasteiger partial charge in [-0.3, -0.25) is 4.90 Å². The number of carbonyl (C=O) groups is 1. The lowest BCUT2D eigenvalue weighted by molar-refractivity contribution is 0.0685. The molecule has 0 heterocycles. The Labute approximate surface area is 149 Å². The van der Waals surface area contributed by atoms with Gasteiger partial charge in [-0.1, -0.05) is 60.7 Å². The van der Waals surface area contributed by atoms with Crippen molar-refractivity contribution in [1.29, 1.82) is 0 Å². The summed E-state index contributed by atoms with van der Waals surface area (Å²) in [7, 11) is 0. The van der Waals surface area contributed by atoms with Gasteiger partial charge in [0.2, 0.25) is 0 Å². The van der Waals surface area contributed by atoms with E-state index in [1.54, 1.807) is 0 Å². The third kappa shape index (κ3) is 5.91. The van der Waals surface area contributed by atoms with Crippen molar-refractivity contribution < 1.29 is 15.0 Å². The SMILES string of the molecule is CC(C)(CC[C@@H](O)Cc1ccccc1)N(Cc1ccccc1)C(=O)O. The molecule has 2 rings (SSSR count).